The van der Waals surface area contributed by atoms with E-state index in [4.69, 9.17) is 0 Å². The van der Waals surface area contributed by atoms with Crippen molar-refractivity contribution in [2.75, 3.05) is 13.1 Å². The quantitative estimate of drug-likeness (QED) is 0.339. The zero-order valence-corrected chi connectivity index (χ0v) is 22.9. The summed E-state index contributed by atoms with van der Waals surface area (Å²) in [6.07, 6.45) is 7.91. The van der Waals surface area contributed by atoms with Crippen LogP contribution in [0.5, 0.6) is 0 Å². The van der Waals surface area contributed by atoms with Gasteiger partial charge >= 0.3 is 1.43 Å². The molecule has 0 unspecified atom stereocenters. The van der Waals surface area contributed by atoms with Crippen molar-refractivity contribution in [3.05, 3.63) is 102 Å². The van der Waals surface area contributed by atoms with E-state index in [0.717, 1.165) is 71.1 Å². The van der Waals surface area contributed by atoms with Crippen LogP contribution in [0.4, 0.5) is 0 Å². The Morgan fingerprint density at radius 1 is 0.825 bits per heavy atom. The van der Waals surface area contributed by atoms with E-state index < -0.39 is 0 Å². The molecular formula is C32H30ClN5O2. The molecule has 7 nitrogen and oxygen atoms in total. The van der Waals surface area contributed by atoms with Crippen LogP contribution in [0.3, 0.4) is 0 Å². The van der Waals surface area contributed by atoms with E-state index in [0.29, 0.717) is 17.2 Å². The number of aromatic nitrogens is 3. The fourth-order valence-corrected chi connectivity index (χ4v) is 6.29. The van der Waals surface area contributed by atoms with Gasteiger partial charge in [0.05, 0.1) is 16.8 Å². The predicted octanol–water partition coefficient (Wildman–Crippen LogP) is 2.05. The number of pyridine rings is 1. The van der Waals surface area contributed by atoms with Gasteiger partial charge in [0.25, 0.3) is 11.8 Å². The summed E-state index contributed by atoms with van der Waals surface area (Å²) in [5.74, 6) is -0.679. The molecule has 3 aromatic heterocycles. The number of likely N-dealkylation sites (tertiary alicyclic amines) is 1. The van der Waals surface area contributed by atoms with Crippen molar-refractivity contribution in [1.82, 2.24) is 24.3 Å². The summed E-state index contributed by atoms with van der Waals surface area (Å²) in [5, 5.41) is 4.54. The molecule has 8 heteroatoms. The number of para-hydroxylation sites is 2. The van der Waals surface area contributed by atoms with E-state index in [1.54, 1.807) is 0 Å². The Morgan fingerprint density at radius 2 is 1.43 bits per heavy atom. The highest BCUT2D eigenvalue weighted by atomic mass is 35.5. The van der Waals surface area contributed by atoms with Crippen LogP contribution in [0.15, 0.2) is 85.3 Å². The number of hydrogen-bond acceptors (Lipinski definition) is 4. The second-order valence-corrected chi connectivity index (χ2v) is 10.5. The molecule has 0 aliphatic carbocycles. The van der Waals surface area contributed by atoms with Gasteiger partial charge in [0, 0.05) is 84.2 Å². The zero-order chi connectivity index (χ0) is 26.5. The molecule has 202 valence electrons. The van der Waals surface area contributed by atoms with E-state index in [9.17, 15) is 9.59 Å². The minimum atomic E-state index is -0.342. The Hall–Kier alpha value is -4.20. The Bertz CT molecular complexity index is 1780. The van der Waals surface area contributed by atoms with Crippen LogP contribution in [0.25, 0.3) is 33.0 Å². The predicted molar refractivity (Wildman–Crippen MR) is 154 cm³/mol. The molecule has 0 atom stereocenters. The lowest BCUT2D eigenvalue weighted by Gasteiger charge is -2.33. The number of carbonyl (C=O) groups is 2. The highest BCUT2D eigenvalue weighted by molar-refractivity contribution is 6.50. The van der Waals surface area contributed by atoms with Crippen LogP contribution in [0, 0.1) is 0 Å². The maximum atomic E-state index is 13.3. The number of nitrogens with zero attached hydrogens (tertiary/aromatic N) is 4. The first kappa shape index (κ1) is 26.0. The molecule has 5 heterocycles. The Balaban J connectivity index is 0.00000169. The summed E-state index contributed by atoms with van der Waals surface area (Å²) in [5.41, 5.74) is 5.70. The number of piperidine rings is 1. The molecule has 2 aliphatic heterocycles. The molecule has 0 saturated carbocycles. The minimum Gasteiger partial charge on any atom is -1.00 e. The van der Waals surface area contributed by atoms with Gasteiger partial charge in [-0.05, 0) is 37.1 Å². The van der Waals surface area contributed by atoms with Crippen LogP contribution in [-0.4, -0.2) is 43.9 Å². The molecule has 1 saturated heterocycles. The van der Waals surface area contributed by atoms with E-state index in [1.165, 1.54) is 0 Å². The highest BCUT2D eigenvalue weighted by Gasteiger charge is 2.36. The van der Waals surface area contributed by atoms with Crippen LogP contribution < -0.4 is 17.7 Å². The number of benzene rings is 2. The van der Waals surface area contributed by atoms with Crippen molar-refractivity contribution < 1.29 is 23.4 Å². The van der Waals surface area contributed by atoms with Crippen LogP contribution in [0.1, 0.15) is 37.1 Å². The second-order valence-electron chi connectivity index (χ2n) is 10.5. The lowest BCUT2D eigenvalue weighted by Crippen LogP contribution is -3.00. The fraction of sp³-hybridized carbons (Fsp3) is 0.219. The van der Waals surface area contributed by atoms with Crippen LogP contribution >= 0.6 is 0 Å². The number of hydrogen-bond donors (Lipinski definition) is 1. The van der Waals surface area contributed by atoms with E-state index >= 15 is 0 Å². The molecular weight excluding hydrogens is 522 g/mol. The standard InChI is InChI=1S/C32H29N5O2.ClH/c1-35-19-25(23-9-2-4-11-27(23)35)29-30(32(39)34-31(29)38)26-20-37(28-12-5-3-10-24(26)28)22-13-16-36(17-14-22)18-21-8-6-7-15-33-21;/h2-12,15,19-20,22H,13-14,16-18H2,1H3,(H,34,38,39);1H. The maximum absolute atomic E-state index is 13.3. The van der Waals surface area contributed by atoms with Gasteiger partial charge in [-0.2, -0.15) is 0 Å². The number of fused-ring (bicyclic) bond motifs is 2. The molecule has 2 aromatic carbocycles. The highest BCUT2D eigenvalue weighted by Crippen LogP contribution is 2.40. The van der Waals surface area contributed by atoms with Crippen LogP contribution in [-0.2, 0) is 23.2 Å². The van der Waals surface area contributed by atoms with Crippen molar-refractivity contribution in [1.29, 1.82) is 0 Å². The molecule has 7 rings (SSSR count). The molecule has 1 N–H and O–H groups in total. The monoisotopic (exact) mass is 551 g/mol. The van der Waals surface area contributed by atoms with Crippen molar-refractivity contribution in [3.8, 4) is 0 Å². The Morgan fingerprint density at radius 3 is 2.10 bits per heavy atom. The van der Waals surface area contributed by atoms with Gasteiger partial charge in [-0.1, -0.05) is 42.5 Å². The van der Waals surface area contributed by atoms with Gasteiger partial charge in [-0.25, -0.2) is 0 Å². The summed E-state index contributed by atoms with van der Waals surface area (Å²) in [6.45, 7) is 2.81. The molecule has 0 spiro atoms. The molecule has 2 amide bonds. The number of nitrogens with one attached hydrogen (secondary N) is 1. The summed E-state index contributed by atoms with van der Waals surface area (Å²) in [4.78, 5) is 33.5. The largest absolute Gasteiger partial charge is 1.00 e. The number of halogens is 1. The van der Waals surface area contributed by atoms with Gasteiger partial charge < -0.3 is 21.5 Å². The fourth-order valence-electron chi connectivity index (χ4n) is 6.29. The first-order chi connectivity index (χ1) is 19.1. The molecule has 0 radical (unpaired) electrons. The molecule has 1 fully saturated rings. The smallest absolute Gasteiger partial charge is 1.00 e. The lowest BCUT2D eigenvalue weighted by molar-refractivity contribution is -0.122. The molecule has 0 bridgehead atoms. The summed E-state index contributed by atoms with van der Waals surface area (Å²) >= 11 is 0. The van der Waals surface area contributed by atoms with E-state index in [2.05, 4.69) is 44.2 Å². The second kappa shape index (κ2) is 10.4. The summed E-state index contributed by atoms with van der Waals surface area (Å²) in [7, 11) is 1.97. The van der Waals surface area contributed by atoms with Gasteiger partial charge in [-0.3, -0.25) is 24.8 Å². The number of imide groups is 1. The molecule has 2 aliphatic rings. The Labute approximate surface area is 240 Å². The van der Waals surface area contributed by atoms with Crippen LogP contribution in [0.2, 0.25) is 0 Å². The van der Waals surface area contributed by atoms with E-state index in [1.807, 2.05) is 72.5 Å². The molecule has 5 aromatic rings. The summed E-state index contributed by atoms with van der Waals surface area (Å²) < 4.78 is 4.33. The summed E-state index contributed by atoms with van der Waals surface area (Å²) in [6, 6.07) is 22.6. The third-order valence-electron chi connectivity index (χ3n) is 8.17. The minimum absolute atomic E-state index is 0. The van der Waals surface area contributed by atoms with Crippen molar-refractivity contribution >= 4 is 44.8 Å². The molecule has 40 heavy (non-hydrogen) atoms. The third-order valence-corrected chi connectivity index (χ3v) is 8.17. The maximum Gasteiger partial charge on any atom is 1.00 e. The Kier molecular flexibility index (Phi) is 6.78. The zero-order valence-electron chi connectivity index (χ0n) is 23.2. The van der Waals surface area contributed by atoms with Gasteiger partial charge in [0.1, 0.15) is 0 Å². The van der Waals surface area contributed by atoms with Gasteiger partial charge in [-0.15, -0.1) is 0 Å². The number of aryl methyl sites for hydroxylation is 1. The average molecular weight is 552 g/mol. The topological polar surface area (TPSA) is 72.2 Å². The van der Waals surface area contributed by atoms with Gasteiger partial charge in [0.2, 0.25) is 0 Å². The van der Waals surface area contributed by atoms with Crippen molar-refractivity contribution in [3.63, 3.8) is 0 Å². The first-order valence-electron chi connectivity index (χ1n) is 13.4. The third kappa shape index (κ3) is 4.31. The van der Waals surface area contributed by atoms with Gasteiger partial charge in [0.15, 0.2) is 0 Å². The van der Waals surface area contributed by atoms with Crippen molar-refractivity contribution in [2.24, 2.45) is 7.05 Å². The lowest BCUT2D eigenvalue weighted by atomic mass is 9.95. The normalized spacial score (nSPS) is 16.6. The number of amides is 2. The number of carbonyl (C=O) groups excluding carboxylic acids is 2. The average Bonchev–Trinajstić information content (AvgIpc) is 3.60. The number of rotatable bonds is 5. The van der Waals surface area contributed by atoms with Crippen molar-refractivity contribution in [2.45, 2.75) is 25.4 Å². The first-order valence-corrected chi connectivity index (χ1v) is 13.4. The SMILES string of the molecule is Cn1cc(C2=C(c3cn(C4CCN(Cc5ccccn5)CC4)c4ccccc34)C(=O)NC2=O)c2ccccc21.[Cl-].[H+]. The van der Waals surface area contributed by atoms with E-state index in [-0.39, 0.29) is 25.6 Å².